The highest BCUT2D eigenvalue weighted by Gasteiger charge is 2.28. The van der Waals surface area contributed by atoms with Crippen LogP contribution in [0.2, 0.25) is 0 Å². The second-order valence-corrected chi connectivity index (χ2v) is 8.45. The van der Waals surface area contributed by atoms with E-state index in [4.69, 9.17) is 0 Å². The fourth-order valence-electron chi connectivity index (χ4n) is 1.73. The zero-order valence-electron chi connectivity index (χ0n) is 9.98. The molecule has 0 aliphatic carbocycles. The Labute approximate surface area is 103 Å². The fraction of sp³-hybridized carbons (Fsp3) is 1.00. The van der Waals surface area contributed by atoms with Gasteiger partial charge in [-0.1, -0.05) is 6.92 Å². The van der Waals surface area contributed by atoms with Crippen molar-refractivity contribution in [2.45, 2.75) is 13.3 Å². The first-order valence-corrected chi connectivity index (χ1v) is 9.20. The van der Waals surface area contributed by atoms with Gasteiger partial charge in [-0.05, 0) is 18.9 Å². The molecule has 2 N–H and O–H groups in total. The van der Waals surface area contributed by atoms with Gasteiger partial charge in [-0.25, -0.2) is 21.6 Å². The largest absolute Gasteiger partial charge is 0.316 e. The number of rotatable bonds is 7. The van der Waals surface area contributed by atoms with E-state index in [1.54, 1.807) is 0 Å². The Hall–Kier alpha value is -0.180. The minimum Gasteiger partial charge on any atom is -0.316 e. The molecule has 0 radical (unpaired) electrons. The quantitative estimate of drug-likeness (QED) is 0.582. The smallest absolute Gasteiger partial charge is 0.212 e. The maximum atomic E-state index is 11.5. The van der Waals surface area contributed by atoms with Gasteiger partial charge < -0.3 is 5.32 Å². The van der Waals surface area contributed by atoms with E-state index < -0.39 is 19.9 Å². The van der Waals surface area contributed by atoms with Gasteiger partial charge in [0.1, 0.15) is 0 Å². The first kappa shape index (κ1) is 14.9. The molecule has 8 heteroatoms. The molecule has 0 bridgehead atoms. The molecular weight excluding hydrogens is 264 g/mol. The van der Waals surface area contributed by atoms with Crippen LogP contribution in [0.15, 0.2) is 0 Å². The number of nitrogens with one attached hydrogen (secondary N) is 2. The van der Waals surface area contributed by atoms with E-state index in [1.165, 1.54) is 0 Å². The van der Waals surface area contributed by atoms with Crippen LogP contribution in [0.5, 0.6) is 0 Å². The topological polar surface area (TPSA) is 92.3 Å². The summed E-state index contributed by atoms with van der Waals surface area (Å²) in [6.07, 6.45) is 0.554. The summed E-state index contributed by atoms with van der Waals surface area (Å²) in [4.78, 5) is 0. The summed E-state index contributed by atoms with van der Waals surface area (Å²) < 4.78 is 47.9. The van der Waals surface area contributed by atoms with Crippen LogP contribution in [0.3, 0.4) is 0 Å². The minimum absolute atomic E-state index is 0.0281. The number of hydrogen-bond donors (Lipinski definition) is 2. The summed E-state index contributed by atoms with van der Waals surface area (Å²) in [6.45, 7) is 3.28. The molecule has 1 saturated heterocycles. The molecule has 0 aromatic heterocycles. The summed E-state index contributed by atoms with van der Waals surface area (Å²) in [6, 6.07) is 0. The van der Waals surface area contributed by atoms with Crippen LogP contribution in [0.1, 0.15) is 13.3 Å². The molecule has 1 atom stereocenters. The summed E-state index contributed by atoms with van der Waals surface area (Å²) >= 11 is 0. The van der Waals surface area contributed by atoms with E-state index in [2.05, 4.69) is 10.0 Å². The normalized spacial score (nSPS) is 23.9. The van der Waals surface area contributed by atoms with E-state index in [1.807, 2.05) is 6.92 Å². The molecule has 1 aliphatic heterocycles. The average Bonchev–Trinajstić information content (AvgIpc) is 2.56. The van der Waals surface area contributed by atoms with Gasteiger partial charge in [0.2, 0.25) is 10.0 Å². The molecule has 1 fully saturated rings. The molecule has 0 amide bonds. The van der Waals surface area contributed by atoms with Crippen molar-refractivity contribution in [3.8, 4) is 0 Å². The third-order valence-electron chi connectivity index (χ3n) is 2.72. The van der Waals surface area contributed by atoms with E-state index in [9.17, 15) is 16.8 Å². The molecule has 0 aromatic carbocycles. The monoisotopic (exact) mass is 284 g/mol. The maximum absolute atomic E-state index is 11.5. The van der Waals surface area contributed by atoms with Gasteiger partial charge in [-0.2, -0.15) is 0 Å². The lowest BCUT2D eigenvalue weighted by atomic mass is 10.1. The lowest BCUT2D eigenvalue weighted by Crippen LogP contribution is -2.35. The molecule has 1 heterocycles. The number of sulfone groups is 1. The Morgan fingerprint density at radius 1 is 1.35 bits per heavy atom. The Morgan fingerprint density at radius 3 is 2.59 bits per heavy atom. The van der Waals surface area contributed by atoms with Crippen LogP contribution in [0.25, 0.3) is 0 Å². The highest BCUT2D eigenvalue weighted by molar-refractivity contribution is 7.91. The van der Waals surface area contributed by atoms with Crippen LogP contribution < -0.4 is 10.0 Å². The van der Waals surface area contributed by atoms with Gasteiger partial charge >= 0.3 is 0 Å². The average molecular weight is 284 g/mol. The molecule has 0 aromatic rings. The molecular formula is C9H20N2O4S2. The molecule has 1 aliphatic rings. The summed E-state index contributed by atoms with van der Waals surface area (Å²) in [7, 11) is -6.22. The van der Waals surface area contributed by atoms with Crippen molar-refractivity contribution in [2.24, 2.45) is 5.92 Å². The molecule has 17 heavy (non-hydrogen) atoms. The predicted molar refractivity (Wildman–Crippen MR) is 67.1 cm³/mol. The Kier molecular flexibility index (Phi) is 5.36. The second kappa shape index (κ2) is 6.12. The first-order valence-electron chi connectivity index (χ1n) is 5.73. The lowest BCUT2D eigenvalue weighted by Gasteiger charge is -2.10. The van der Waals surface area contributed by atoms with Gasteiger partial charge in [0.15, 0.2) is 9.84 Å². The predicted octanol–water partition coefficient (Wildman–Crippen LogP) is -1.05. The summed E-state index contributed by atoms with van der Waals surface area (Å²) in [5.74, 6) is 0.230. The van der Waals surface area contributed by atoms with Crippen molar-refractivity contribution in [3.63, 3.8) is 0 Å². The zero-order valence-corrected chi connectivity index (χ0v) is 11.6. The van der Waals surface area contributed by atoms with Crippen LogP contribution in [-0.4, -0.2) is 53.7 Å². The highest BCUT2D eigenvalue weighted by atomic mass is 32.2. The summed E-state index contributed by atoms with van der Waals surface area (Å²) in [5.41, 5.74) is 0. The van der Waals surface area contributed by atoms with Crippen LogP contribution in [0.4, 0.5) is 0 Å². The number of sulfonamides is 1. The van der Waals surface area contributed by atoms with Crippen molar-refractivity contribution < 1.29 is 16.8 Å². The van der Waals surface area contributed by atoms with Gasteiger partial charge in [0, 0.05) is 13.1 Å². The van der Waals surface area contributed by atoms with Crippen molar-refractivity contribution in [3.05, 3.63) is 0 Å². The SMILES string of the molecule is CCNCCS(=O)(=O)NCC1CCS(=O)(=O)C1. The summed E-state index contributed by atoms with van der Waals surface area (Å²) in [5, 5.41) is 2.93. The van der Waals surface area contributed by atoms with Gasteiger partial charge in [0.05, 0.1) is 17.3 Å². The Balaban J connectivity index is 2.30. The molecule has 1 unspecified atom stereocenters. The van der Waals surface area contributed by atoms with Crippen molar-refractivity contribution in [1.82, 2.24) is 10.0 Å². The standard InChI is InChI=1S/C9H20N2O4S2/c1-2-10-4-6-17(14,15)11-7-9-3-5-16(12,13)8-9/h9-11H,2-8H2,1H3. The van der Waals surface area contributed by atoms with E-state index in [0.717, 1.165) is 6.54 Å². The van der Waals surface area contributed by atoms with Gasteiger partial charge in [0.25, 0.3) is 0 Å². The molecule has 0 saturated carbocycles. The Bertz CT molecular complexity index is 430. The van der Waals surface area contributed by atoms with Gasteiger partial charge in [-0.3, -0.25) is 0 Å². The molecule has 0 spiro atoms. The van der Waals surface area contributed by atoms with Crippen molar-refractivity contribution in [1.29, 1.82) is 0 Å². The Morgan fingerprint density at radius 2 is 2.06 bits per heavy atom. The third kappa shape index (κ3) is 5.80. The third-order valence-corrected chi connectivity index (χ3v) is 5.90. The molecule has 6 nitrogen and oxygen atoms in total. The van der Waals surface area contributed by atoms with Crippen molar-refractivity contribution in [2.75, 3.05) is 36.9 Å². The maximum Gasteiger partial charge on any atom is 0.212 e. The minimum atomic E-state index is -3.29. The van der Waals surface area contributed by atoms with Crippen LogP contribution >= 0.6 is 0 Å². The number of hydrogen-bond acceptors (Lipinski definition) is 5. The second-order valence-electron chi connectivity index (χ2n) is 4.29. The lowest BCUT2D eigenvalue weighted by molar-refractivity contribution is 0.541. The molecule has 102 valence electrons. The van der Waals surface area contributed by atoms with Crippen LogP contribution in [0, 0.1) is 5.92 Å². The van der Waals surface area contributed by atoms with Crippen LogP contribution in [-0.2, 0) is 19.9 Å². The van der Waals surface area contributed by atoms with E-state index in [-0.39, 0.29) is 29.7 Å². The van der Waals surface area contributed by atoms with E-state index >= 15 is 0 Å². The van der Waals surface area contributed by atoms with E-state index in [0.29, 0.717) is 13.0 Å². The zero-order chi connectivity index (χ0) is 12.9. The van der Waals surface area contributed by atoms with Gasteiger partial charge in [-0.15, -0.1) is 0 Å². The highest BCUT2D eigenvalue weighted by Crippen LogP contribution is 2.17. The van der Waals surface area contributed by atoms with Crippen molar-refractivity contribution >= 4 is 19.9 Å². The molecule has 1 rings (SSSR count). The first-order chi connectivity index (χ1) is 7.85. The fourth-order valence-corrected chi connectivity index (χ4v) is 4.64.